The van der Waals surface area contributed by atoms with Crippen molar-refractivity contribution in [3.8, 4) is 11.1 Å². The first-order chi connectivity index (χ1) is 16.5. The number of piperidine rings is 1. The molecular weight excluding hydrogens is 464 g/mol. The van der Waals surface area contributed by atoms with Crippen LogP contribution in [0.2, 0.25) is 0 Å². The van der Waals surface area contributed by atoms with Crippen LogP contribution in [0, 0.1) is 0 Å². The summed E-state index contributed by atoms with van der Waals surface area (Å²) in [6.45, 7) is 2.89. The second-order valence-electron chi connectivity index (χ2n) is 8.48. The third kappa shape index (κ3) is 7.00. The largest absolute Gasteiger partial charge is 0.490 e. The van der Waals surface area contributed by atoms with Gasteiger partial charge in [-0.15, -0.1) is 0 Å². The summed E-state index contributed by atoms with van der Waals surface area (Å²) in [5.74, 6) is -2.64. The monoisotopic (exact) mass is 490 g/mol. The lowest BCUT2D eigenvalue weighted by Crippen LogP contribution is -2.45. The minimum absolute atomic E-state index is 0.121. The smallest absolute Gasteiger partial charge is 0.475 e. The highest BCUT2D eigenvalue weighted by atomic mass is 19.4. The SMILES string of the molecule is CCC(=O)N1CCC(F)(Cc2ccc(-c3cnc4ccccc4c3)cc2)CC1.O=C(O)C(F)(F)F. The molecule has 0 unspecified atom stereocenters. The van der Waals surface area contributed by atoms with Gasteiger partial charge in [-0.1, -0.05) is 49.4 Å². The molecule has 0 saturated carbocycles. The van der Waals surface area contributed by atoms with Gasteiger partial charge >= 0.3 is 12.1 Å². The van der Waals surface area contributed by atoms with Gasteiger partial charge in [0.15, 0.2) is 0 Å². The average Bonchev–Trinajstić information content (AvgIpc) is 2.84. The van der Waals surface area contributed by atoms with Crippen molar-refractivity contribution < 1.29 is 32.3 Å². The highest BCUT2D eigenvalue weighted by molar-refractivity contribution is 5.83. The predicted molar refractivity (Wildman–Crippen MR) is 125 cm³/mol. The van der Waals surface area contributed by atoms with E-state index >= 15 is 4.39 Å². The quantitative estimate of drug-likeness (QED) is 0.468. The number of aromatic nitrogens is 1. The Morgan fingerprint density at radius 2 is 1.63 bits per heavy atom. The fraction of sp³-hybridized carbons (Fsp3) is 0.346. The number of carbonyl (C=O) groups excluding carboxylic acids is 1. The van der Waals surface area contributed by atoms with E-state index in [0.29, 0.717) is 38.8 Å². The van der Waals surface area contributed by atoms with Crippen molar-refractivity contribution >= 4 is 22.8 Å². The van der Waals surface area contributed by atoms with Crippen LogP contribution in [0.3, 0.4) is 0 Å². The molecule has 5 nitrogen and oxygen atoms in total. The summed E-state index contributed by atoms with van der Waals surface area (Å²) in [4.78, 5) is 27.0. The zero-order chi connectivity index (χ0) is 25.6. The van der Waals surface area contributed by atoms with Crippen molar-refractivity contribution in [2.24, 2.45) is 0 Å². The van der Waals surface area contributed by atoms with Crippen LogP contribution in [0.4, 0.5) is 17.6 Å². The second kappa shape index (κ2) is 10.8. The number of likely N-dealkylation sites (tertiary alicyclic amines) is 1. The van der Waals surface area contributed by atoms with Gasteiger partial charge in [0.25, 0.3) is 0 Å². The Morgan fingerprint density at radius 1 is 1.03 bits per heavy atom. The molecule has 1 aliphatic rings. The summed E-state index contributed by atoms with van der Waals surface area (Å²) < 4.78 is 47.0. The number of alkyl halides is 4. The molecule has 0 spiro atoms. The van der Waals surface area contributed by atoms with Crippen LogP contribution in [0.15, 0.2) is 60.8 Å². The molecule has 1 aliphatic heterocycles. The molecule has 0 bridgehead atoms. The molecule has 1 amide bonds. The van der Waals surface area contributed by atoms with Crippen molar-refractivity contribution in [1.29, 1.82) is 0 Å². The van der Waals surface area contributed by atoms with Crippen LogP contribution in [-0.4, -0.2) is 51.8 Å². The molecule has 0 radical (unpaired) electrons. The Bertz CT molecular complexity index is 1170. The van der Waals surface area contributed by atoms with Gasteiger partial charge in [0.2, 0.25) is 5.91 Å². The number of amides is 1. The zero-order valence-electron chi connectivity index (χ0n) is 19.2. The van der Waals surface area contributed by atoms with Crippen LogP contribution in [0.5, 0.6) is 0 Å². The first kappa shape index (κ1) is 26.1. The maximum atomic E-state index is 15.2. The molecule has 1 aromatic heterocycles. The molecule has 9 heteroatoms. The van der Waals surface area contributed by atoms with Gasteiger partial charge in [0, 0.05) is 43.1 Å². The number of carboxylic acid groups (broad SMARTS) is 1. The van der Waals surface area contributed by atoms with Crippen molar-refractivity contribution in [1.82, 2.24) is 9.88 Å². The van der Waals surface area contributed by atoms with E-state index in [1.807, 2.05) is 55.6 Å². The van der Waals surface area contributed by atoms with Crippen molar-refractivity contribution in [3.63, 3.8) is 0 Å². The molecule has 1 fully saturated rings. The number of halogens is 4. The van der Waals surface area contributed by atoms with E-state index in [2.05, 4.69) is 17.1 Å². The lowest BCUT2D eigenvalue weighted by molar-refractivity contribution is -0.192. The number of hydrogen-bond acceptors (Lipinski definition) is 3. The highest BCUT2D eigenvalue weighted by Crippen LogP contribution is 2.31. The zero-order valence-corrected chi connectivity index (χ0v) is 19.2. The van der Waals surface area contributed by atoms with Crippen LogP contribution in [-0.2, 0) is 16.0 Å². The van der Waals surface area contributed by atoms with E-state index < -0.39 is 17.8 Å². The Balaban J connectivity index is 0.000000429. The first-order valence-electron chi connectivity index (χ1n) is 11.2. The highest BCUT2D eigenvalue weighted by Gasteiger charge is 2.38. The maximum Gasteiger partial charge on any atom is 0.490 e. The first-order valence-corrected chi connectivity index (χ1v) is 11.2. The molecule has 4 rings (SSSR count). The molecular formula is C26H26F4N2O3. The summed E-state index contributed by atoms with van der Waals surface area (Å²) in [5, 5.41) is 8.24. The second-order valence-corrected chi connectivity index (χ2v) is 8.48. The van der Waals surface area contributed by atoms with E-state index in [1.54, 1.807) is 4.90 Å². The summed E-state index contributed by atoms with van der Waals surface area (Å²) in [7, 11) is 0. The summed E-state index contributed by atoms with van der Waals surface area (Å²) in [6.07, 6.45) is -1.49. The number of rotatable bonds is 4. The Labute approximate surface area is 200 Å². The Morgan fingerprint density at radius 3 is 2.20 bits per heavy atom. The van der Waals surface area contributed by atoms with E-state index in [1.165, 1.54) is 0 Å². The average molecular weight is 490 g/mol. The number of carbonyl (C=O) groups is 2. The number of para-hydroxylation sites is 1. The standard InChI is InChI=1S/C24H25FN2O.C2HF3O2/c1-2-23(28)27-13-11-24(25,12-14-27)16-18-7-9-19(10-8-18)21-15-20-5-3-4-6-22(20)26-17-21;3-2(4,5)1(6)7/h3-10,15,17H,2,11-14,16H2,1H3;(H,6,7). The van der Waals surface area contributed by atoms with Gasteiger partial charge in [0.05, 0.1) is 5.52 Å². The lowest BCUT2D eigenvalue weighted by atomic mass is 9.86. The van der Waals surface area contributed by atoms with Crippen molar-refractivity contribution in [2.45, 2.75) is 44.5 Å². The topological polar surface area (TPSA) is 70.5 Å². The Hall–Kier alpha value is -3.49. The lowest BCUT2D eigenvalue weighted by Gasteiger charge is -2.36. The number of hydrogen-bond donors (Lipinski definition) is 1. The number of carboxylic acids is 1. The fourth-order valence-corrected chi connectivity index (χ4v) is 3.97. The summed E-state index contributed by atoms with van der Waals surface area (Å²) >= 11 is 0. The molecule has 0 atom stereocenters. The predicted octanol–water partition coefficient (Wildman–Crippen LogP) is 5.82. The Kier molecular flexibility index (Phi) is 8.09. The van der Waals surface area contributed by atoms with Gasteiger partial charge in [-0.2, -0.15) is 13.2 Å². The number of nitrogens with zero attached hydrogens (tertiary/aromatic N) is 2. The van der Waals surface area contributed by atoms with Crippen molar-refractivity contribution in [3.05, 3.63) is 66.4 Å². The molecule has 35 heavy (non-hydrogen) atoms. The molecule has 3 aromatic rings. The molecule has 186 valence electrons. The van der Waals surface area contributed by atoms with Gasteiger partial charge in [-0.3, -0.25) is 9.78 Å². The van der Waals surface area contributed by atoms with E-state index in [-0.39, 0.29) is 5.91 Å². The normalized spacial score (nSPS) is 15.3. The van der Waals surface area contributed by atoms with Gasteiger partial charge < -0.3 is 10.0 Å². The molecule has 0 aliphatic carbocycles. The minimum Gasteiger partial charge on any atom is -0.475 e. The summed E-state index contributed by atoms with van der Waals surface area (Å²) in [6, 6.07) is 18.3. The third-order valence-corrected chi connectivity index (χ3v) is 5.96. The van der Waals surface area contributed by atoms with E-state index in [4.69, 9.17) is 9.90 Å². The van der Waals surface area contributed by atoms with Crippen LogP contribution in [0.25, 0.3) is 22.0 Å². The number of fused-ring (bicyclic) bond motifs is 1. The van der Waals surface area contributed by atoms with Gasteiger partial charge in [-0.05, 0) is 36.1 Å². The van der Waals surface area contributed by atoms with Gasteiger partial charge in [0.1, 0.15) is 5.67 Å². The molecule has 1 N–H and O–H groups in total. The maximum absolute atomic E-state index is 15.2. The fourth-order valence-electron chi connectivity index (χ4n) is 3.97. The van der Waals surface area contributed by atoms with E-state index in [9.17, 15) is 18.0 Å². The van der Waals surface area contributed by atoms with Gasteiger partial charge in [-0.25, -0.2) is 9.18 Å². The van der Waals surface area contributed by atoms with E-state index in [0.717, 1.165) is 27.6 Å². The number of pyridine rings is 1. The number of aliphatic carboxylic acids is 1. The third-order valence-electron chi connectivity index (χ3n) is 5.96. The van der Waals surface area contributed by atoms with Crippen LogP contribution >= 0.6 is 0 Å². The van der Waals surface area contributed by atoms with Crippen LogP contribution in [0.1, 0.15) is 31.7 Å². The molecule has 2 aromatic carbocycles. The van der Waals surface area contributed by atoms with Crippen molar-refractivity contribution in [2.75, 3.05) is 13.1 Å². The minimum atomic E-state index is -5.08. The molecule has 2 heterocycles. The summed E-state index contributed by atoms with van der Waals surface area (Å²) in [5.41, 5.74) is 2.89. The van der Waals surface area contributed by atoms with Crippen LogP contribution < -0.4 is 0 Å². The molecule has 1 saturated heterocycles. The number of benzene rings is 2.